The van der Waals surface area contributed by atoms with Crippen molar-refractivity contribution in [2.24, 2.45) is 5.73 Å². The monoisotopic (exact) mass is 287 g/mol. The first-order valence-electron chi connectivity index (χ1n) is 4.38. The van der Waals surface area contributed by atoms with Gasteiger partial charge in [-0.15, -0.1) is 0 Å². The molecule has 1 heterocycles. The molecule has 0 saturated heterocycles. The molecule has 0 aliphatic heterocycles. The number of hydrogen-bond acceptors (Lipinski definition) is 4. The minimum absolute atomic E-state index is 0.408. The van der Waals surface area contributed by atoms with E-state index in [9.17, 15) is 9.59 Å². The Morgan fingerprint density at radius 3 is 2.88 bits per heavy atom. The van der Waals surface area contributed by atoms with E-state index in [1.165, 1.54) is 12.4 Å². The molecule has 7 heteroatoms. The Morgan fingerprint density at radius 1 is 1.62 bits per heavy atom. The lowest BCUT2D eigenvalue weighted by molar-refractivity contribution is -0.138. The molecule has 1 rings (SSSR count). The summed E-state index contributed by atoms with van der Waals surface area (Å²) in [6.45, 7) is 0. The molecule has 1 amide bonds. The number of amides is 1. The molecule has 0 bridgehead atoms. The summed E-state index contributed by atoms with van der Waals surface area (Å²) in [6.07, 6.45) is 2.61. The molecule has 4 N–H and O–H groups in total. The van der Waals surface area contributed by atoms with Crippen LogP contribution in [0.25, 0.3) is 0 Å². The molecule has 0 radical (unpaired) electrons. The quantitative estimate of drug-likeness (QED) is 0.751. The lowest BCUT2D eigenvalue weighted by atomic mass is 10.2. The number of nitrogens with two attached hydrogens (primary N) is 1. The first kappa shape index (κ1) is 12.6. The highest BCUT2D eigenvalue weighted by Gasteiger charge is 2.17. The van der Waals surface area contributed by atoms with Crippen molar-refractivity contribution in [2.45, 2.75) is 12.5 Å². The third kappa shape index (κ3) is 3.59. The maximum atomic E-state index is 11.5. The first-order valence-corrected chi connectivity index (χ1v) is 5.17. The molecule has 0 aromatic carbocycles. The number of nitrogens with one attached hydrogen (secondary N) is 1. The third-order valence-electron chi connectivity index (χ3n) is 1.76. The Morgan fingerprint density at radius 2 is 2.31 bits per heavy atom. The summed E-state index contributed by atoms with van der Waals surface area (Å²) in [4.78, 5) is 25.6. The van der Waals surface area contributed by atoms with Gasteiger partial charge in [0.2, 0.25) is 5.91 Å². The summed E-state index contributed by atoms with van der Waals surface area (Å²) in [5.74, 6) is -1.66. The lowest BCUT2D eigenvalue weighted by Crippen LogP contribution is -2.37. The van der Waals surface area contributed by atoms with Crippen LogP contribution in [0.1, 0.15) is 6.42 Å². The van der Waals surface area contributed by atoms with Gasteiger partial charge < -0.3 is 16.2 Å². The summed E-state index contributed by atoms with van der Waals surface area (Å²) in [5, 5.41) is 11.0. The second-order valence-electron chi connectivity index (χ2n) is 3.05. The van der Waals surface area contributed by atoms with E-state index in [2.05, 4.69) is 26.2 Å². The maximum absolute atomic E-state index is 11.5. The van der Waals surface area contributed by atoms with Gasteiger partial charge in [0, 0.05) is 12.4 Å². The molecule has 6 nitrogen and oxygen atoms in total. The van der Waals surface area contributed by atoms with Crippen LogP contribution < -0.4 is 11.1 Å². The Balaban J connectivity index is 2.64. The number of carbonyl (C=O) groups is 2. The third-order valence-corrected chi connectivity index (χ3v) is 2.39. The summed E-state index contributed by atoms with van der Waals surface area (Å²) in [6, 6.07) is 0.507. The zero-order valence-electron chi connectivity index (χ0n) is 8.18. The Labute approximate surface area is 100.0 Å². The molecule has 0 spiro atoms. The van der Waals surface area contributed by atoms with E-state index in [1.54, 1.807) is 6.07 Å². The number of rotatable bonds is 4. The number of carboxylic acid groups (broad SMARTS) is 1. The summed E-state index contributed by atoms with van der Waals surface area (Å²) in [5.41, 5.74) is 5.89. The Kier molecular flexibility index (Phi) is 4.39. The van der Waals surface area contributed by atoms with Crippen molar-refractivity contribution in [2.75, 3.05) is 5.32 Å². The highest BCUT2D eigenvalue weighted by molar-refractivity contribution is 9.10. The van der Waals surface area contributed by atoms with Gasteiger partial charge >= 0.3 is 5.97 Å². The van der Waals surface area contributed by atoms with Crippen LogP contribution in [0.3, 0.4) is 0 Å². The van der Waals surface area contributed by atoms with Crippen molar-refractivity contribution in [1.82, 2.24) is 4.98 Å². The lowest BCUT2D eigenvalue weighted by Gasteiger charge is -2.10. The number of pyridine rings is 1. The van der Waals surface area contributed by atoms with Gasteiger partial charge in [0.1, 0.15) is 0 Å². The number of halogens is 1. The fraction of sp³-hybridized carbons (Fsp3) is 0.222. The zero-order valence-corrected chi connectivity index (χ0v) is 9.77. The molecule has 0 fully saturated rings. The number of hydrogen-bond donors (Lipinski definition) is 3. The average Bonchev–Trinajstić information content (AvgIpc) is 2.20. The van der Waals surface area contributed by atoms with Gasteiger partial charge in [-0.1, -0.05) is 0 Å². The van der Waals surface area contributed by atoms with Crippen LogP contribution in [-0.4, -0.2) is 28.0 Å². The summed E-state index contributed by atoms with van der Waals surface area (Å²) < 4.78 is 0.603. The normalized spacial score (nSPS) is 11.9. The van der Waals surface area contributed by atoms with Crippen molar-refractivity contribution in [1.29, 1.82) is 0 Å². The predicted octanol–water partition coefficient (Wildman–Crippen LogP) is 0.585. The highest BCUT2D eigenvalue weighted by Crippen LogP contribution is 2.19. The van der Waals surface area contributed by atoms with Crippen LogP contribution in [0.4, 0.5) is 5.69 Å². The number of aromatic nitrogens is 1. The van der Waals surface area contributed by atoms with Gasteiger partial charge in [0.15, 0.2) is 0 Å². The van der Waals surface area contributed by atoms with E-state index < -0.39 is 24.3 Å². The largest absolute Gasteiger partial charge is 0.481 e. The number of carbonyl (C=O) groups excluding carboxylic acids is 1. The number of aliphatic carboxylic acids is 1. The van der Waals surface area contributed by atoms with Crippen LogP contribution in [0.15, 0.2) is 22.9 Å². The van der Waals surface area contributed by atoms with E-state index in [1.807, 2.05) is 0 Å². The van der Waals surface area contributed by atoms with Crippen LogP contribution in [0, 0.1) is 0 Å². The molecule has 1 unspecified atom stereocenters. The van der Waals surface area contributed by atoms with Crippen LogP contribution >= 0.6 is 15.9 Å². The minimum Gasteiger partial charge on any atom is -0.481 e. The van der Waals surface area contributed by atoms with Gasteiger partial charge in [-0.05, 0) is 22.0 Å². The molecule has 0 aliphatic rings. The highest BCUT2D eigenvalue weighted by atomic mass is 79.9. The number of carboxylic acids is 1. The topological polar surface area (TPSA) is 105 Å². The number of anilines is 1. The molecule has 0 aliphatic carbocycles. The van der Waals surface area contributed by atoms with E-state index >= 15 is 0 Å². The predicted molar refractivity (Wildman–Crippen MR) is 60.8 cm³/mol. The van der Waals surface area contributed by atoms with Gasteiger partial charge in [-0.3, -0.25) is 14.6 Å². The summed E-state index contributed by atoms with van der Waals surface area (Å²) >= 11 is 3.19. The van der Waals surface area contributed by atoms with Gasteiger partial charge in [-0.25, -0.2) is 0 Å². The molecule has 16 heavy (non-hydrogen) atoms. The van der Waals surface area contributed by atoms with E-state index in [0.29, 0.717) is 10.2 Å². The van der Waals surface area contributed by atoms with Crippen molar-refractivity contribution in [3.63, 3.8) is 0 Å². The van der Waals surface area contributed by atoms with Crippen molar-refractivity contribution in [3.05, 3.63) is 22.9 Å². The van der Waals surface area contributed by atoms with Crippen LogP contribution in [-0.2, 0) is 9.59 Å². The van der Waals surface area contributed by atoms with Crippen molar-refractivity contribution < 1.29 is 14.7 Å². The van der Waals surface area contributed by atoms with Gasteiger partial charge in [-0.2, -0.15) is 0 Å². The molecular formula is C9H10BrN3O3. The van der Waals surface area contributed by atoms with Gasteiger partial charge in [0.25, 0.3) is 0 Å². The standard InChI is InChI=1S/C9H10BrN3O3/c10-5-4-12-2-1-7(5)13-9(16)6(11)3-8(14)15/h1-2,4,6H,3,11H2,(H,14,15)(H,12,13,16). The molecule has 86 valence electrons. The van der Waals surface area contributed by atoms with Gasteiger partial charge in [0.05, 0.1) is 22.6 Å². The molecule has 1 atom stereocenters. The average molecular weight is 288 g/mol. The Hall–Kier alpha value is -1.47. The van der Waals surface area contributed by atoms with E-state index in [-0.39, 0.29) is 0 Å². The smallest absolute Gasteiger partial charge is 0.305 e. The van der Waals surface area contributed by atoms with Crippen LogP contribution in [0.5, 0.6) is 0 Å². The summed E-state index contributed by atoms with van der Waals surface area (Å²) in [7, 11) is 0. The molecule has 0 saturated carbocycles. The second-order valence-corrected chi connectivity index (χ2v) is 3.90. The van der Waals surface area contributed by atoms with Crippen molar-refractivity contribution in [3.8, 4) is 0 Å². The number of nitrogens with zero attached hydrogens (tertiary/aromatic N) is 1. The van der Waals surface area contributed by atoms with E-state index in [0.717, 1.165) is 0 Å². The molecule has 1 aromatic rings. The molecule has 1 aromatic heterocycles. The Bertz CT molecular complexity index is 411. The minimum atomic E-state index is -1.11. The molecular weight excluding hydrogens is 278 g/mol. The maximum Gasteiger partial charge on any atom is 0.305 e. The fourth-order valence-corrected chi connectivity index (χ4v) is 1.33. The SMILES string of the molecule is NC(CC(=O)O)C(=O)Nc1ccncc1Br. The second kappa shape index (κ2) is 5.57. The van der Waals surface area contributed by atoms with Crippen LogP contribution in [0.2, 0.25) is 0 Å². The zero-order chi connectivity index (χ0) is 12.1. The van der Waals surface area contributed by atoms with Crippen molar-refractivity contribution >= 4 is 33.5 Å². The first-order chi connectivity index (χ1) is 7.50. The van der Waals surface area contributed by atoms with E-state index in [4.69, 9.17) is 10.8 Å². The fourth-order valence-electron chi connectivity index (χ4n) is 0.983.